The lowest BCUT2D eigenvalue weighted by Gasteiger charge is -2.11. The smallest absolute Gasteiger partial charge is 0.349 e. The van der Waals surface area contributed by atoms with Crippen LogP contribution in [0.4, 0.5) is 5.69 Å². The maximum atomic E-state index is 12.5. The number of carbonyl (C=O) groups excluding carboxylic acids is 2. The van der Waals surface area contributed by atoms with E-state index in [1.807, 2.05) is 6.07 Å². The van der Waals surface area contributed by atoms with Crippen molar-refractivity contribution >= 4 is 67.9 Å². The molecule has 0 spiro atoms. The molecule has 1 aliphatic carbocycles. The molecule has 8 nitrogen and oxygen atoms in total. The summed E-state index contributed by atoms with van der Waals surface area (Å²) in [5.41, 5.74) is 8.51. The fraction of sp³-hybridized carbons (Fsp3) is 0.192. The molecule has 5 rings (SSSR count). The number of nitrogens with one attached hydrogen (secondary N) is 3. The van der Waals surface area contributed by atoms with Crippen LogP contribution in [0.5, 0.6) is 5.75 Å². The van der Waals surface area contributed by atoms with Gasteiger partial charge in [-0.3, -0.25) is 15.6 Å². The van der Waals surface area contributed by atoms with Crippen LogP contribution in [0.25, 0.3) is 10.1 Å². The summed E-state index contributed by atoms with van der Waals surface area (Å²) in [5.74, 6) is 0.451. The molecule has 0 fully saturated rings. The fourth-order valence-electron chi connectivity index (χ4n) is 4.07. The Hall–Kier alpha value is -3.60. The molecule has 1 aliphatic rings. The largest absolute Gasteiger partial charge is 0.486 e. The van der Waals surface area contributed by atoms with Gasteiger partial charge < -0.3 is 19.2 Å². The van der Waals surface area contributed by atoms with Crippen molar-refractivity contribution in [2.45, 2.75) is 25.9 Å². The van der Waals surface area contributed by atoms with E-state index in [0.29, 0.717) is 21.3 Å². The van der Waals surface area contributed by atoms with Gasteiger partial charge in [0.25, 0.3) is 0 Å². The average molecular weight is 556 g/mol. The van der Waals surface area contributed by atoms with Crippen molar-refractivity contribution in [2.75, 3.05) is 12.4 Å². The molecule has 3 N–H and O–H groups in total. The number of methoxy groups -OCH3 is 1. The molecule has 0 aliphatic heterocycles. The van der Waals surface area contributed by atoms with Crippen molar-refractivity contribution in [3.05, 3.63) is 81.1 Å². The zero-order valence-electron chi connectivity index (χ0n) is 19.7. The second-order valence-corrected chi connectivity index (χ2v) is 10.2. The van der Waals surface area contributed by atoms with E-state index in [0.717, 1.165) is 28.7 Å². The van der Waals surface area contributed by atoms with Crippen molar-refractivity contribution < 1.29 is 23.5 Å². The fourth-order valence-corrected chi connectivity index (χ4v) is 5.71. The minimum atomic E-state index is -0.490. The van der Waals surface area contributed by atoms with Gasteiger partial charge in [0, 0.05) is 15.8 Å². The number of furan rings is 1. The second-order valence-electron chi connectivity index (χ2n) is 8.32. The van der Waals surface area contributed by atoms with Crippen molar-refractivity contribution in [3.8, 4) is 5.75 Å². The topological polar surface area (TPSA) is 102 Å². The summed E-state index contributed by atoms with van der Waals surface area (Å²) in [7, 11) is 1.31. The van der Waals surface area contributed by atoms with Gasteiger partial charge in [0.2, 0.25) is 0 Å². The molecule has 0 atom stereocenters. The number of hydrazine groups is 1. The number of hydrogen-bond donors (Lipinski definition) is 3. The lowest BCUT2D eigenvalue weighted by molar-refractivity contribution is 0.0606. The number of rotatable bonds is 6. The molecule has 37 heavy (non-hydrogen) atoms. The molecule has 2 heterocycles. The summed E-state index contributed by atoms with van der Waals surface area (Å²) < 4.78 is 17.0. The van der Waals surface area contributed by atoms with Gasteiger partial charge in [-0.1, -0.05) is 17.7 Å². The molecule has 0 bridgehead atoms. The first-order valence-corrected chi connectivity index (χ1v) is 13.0. The Morgan fingerprint density at radius 3 is 2.76 bits per heavy atom. The average Bonchev–Trinajstić information content (AvgIpc) is 3.64. The number of esters is 1. The quantitative estimate of drug-likeness (QED) is 0.160. The molecule has 0 saturated carbocycles. The van der Waals surface area contributed by atoms with Gasteiger partial charge in [-0.15, -0.1) is 11.3 Å². The number of benzene rings is 2. The van der Waals surface area contributed by atoms with Crippen LogP contribution in [0.2, 0.25) is 5.02 Å². The first kappa shape index (κ1) is 25.1. The molecule has 4 aromatic rings. The monoisotopic (exact) mass is 555 g/mol. The van der Waals surface area contributed by atoms with E-state index in [4.69, 9.17) is 37.7 Å². The summed E-state index contributed by atoms with van der Waals surface area (Å²) in [4.78, 5) is 24.7. The third-order valence-electron chi connectivity index (χ3n) is 5.88. The van der Waals surface area contributed by atoms with Crippen LogP contribution in [0.3, 0.4) is 0 Å². The molecular weight excluding hydrogens is 534 g/mol. The van der Waals surface area contributed by atoms with Crippen molar-refractivity contribution in [1.29, 1.82) is 0 Å². The van der Waals surface area contributed by atoms with E-state index in [-0.39, 0.29) is 17.5 Å². The minimum Gasteiger partial charge on any atom is -0.486 e. The summed E-state index contributed by atoms with van der Waals surface area (Å²) in [6.45, 7) is 0.215. The Morgan fingerprint density at radius 1 is 1.08 bits per heavy atom. The highest BCUT2D eigenvalue weighted by Crippen LogP contribution is 2.37. The molecule has 0 unspecified atom stereocenters. The van der Waals surface area contributed by atoms with Crippen LogP contribution in [-0.4, -0.2) is 24.1 Å². The predicted octanol–water partition coefficient (Wildman–Crippen LogP) is 5.63. The molecule has 2 aromatic heterocycles. The van der Waals surface area contributed by atoms with Gasteiger partial charge >= 0.3 is 11.9 Å². The number of thiophene rings is 1. The Bertz CT molecular complexity index is 1510. The number of fused-ring (bicyclic) bond motifs is 2. The van der Waals surface area contributed by atoms with Gasteiger partial charge in [-0.25, -0.2) is 4.79 Å². The molecule has 0 saturated heterocycles. The third kappa shape index (κ3) is 5.56. The minimum absolute atomic E-state index is 0.118. The third-order valence-corrected chi connectivity index (χ3v) is 7.73. The molecular formula is C26H22ClN3O5S2. The highest BCUT2D eigenvalue weighted by Gasteiger charge is 2.18. The summed E-state index contributed by atoms with van der Waals surface area (Å²) in [6.07, 6.45) is 3.38. The zero-order chi connectivity index (χ0) is 25.9. The van der Waals surface area contributed by atoms with E-state index in [1.54, 1.807) is 30.3 Å². The number of thiocarbonyl (C=S) groups is 1. The van der Waals surface area contributed by atoms with Gasteiger partial charge in [-0.2, -0.15) is 0 Å². The van der Waals surface area contributed by atoms with Gasteiger partial charge in [0.15, 0.2) is 10.9 Å². The van der Waals surface area contributed by atoms with Crippen LogP contribution in [0, 0.1) is 0 Å². The van der Waals surface area contributed by atoms with E-state index >= 15 is 0 Å². The molecule has 11 heteroatoms. The summed E-state index contributed by atoms with van der Waals surface area (Å²) in [6, 6.07) is 14.7. The van der Waals surface area contributed by atoms with Crippen molar-refractivity contribution in [2.24, 2.45) is 0 Å². The Labute approximate surface area is 226 Å². The lowest BCUT2D eigenvalue weighted by Crippen LogP contribution is -2.43. The van der Waals surface area contributed by atoms with E-state index < -0.39 is 11.9 Å². The van der Waals surface area contributed by atoms with Crippen LogP contribution >= 0.6 is 35.2 Å². The first-order valence-electron chi connectivity index (χ1n) is 11.4. The van der Waals surface area contributed by atoms with E-state index in [9.17, 15) is 9.59 Å². The van der Waals surface area contributed by atoms with Crippen LogP contribution in [-0.2, 0) is 24.2 Å². The summed E-state index contributed by atoms with van der Waals surface area (Å²) in [5, 5.41) is 4.22. The lowest BCUT2D eigenvalue weighted by atomic mass is 10.1. The molecule has 0 radical (unpaired) electrons. The Kier molecular flexibility index (Phi) is 7.31. The standard InChI is InChI=1S/C26H22ClN3O5S2/c1-33-25(32)23-22(27)19-9-6-16(12-21(19)37-23)28-26(36)30-29-24(31)20-10-8-18(35-20)13-34-17-7-5-14-3-2-4-15(14)11-17/h5-12H,2-4,13H2,1H3,(H,29,31)(H2,28,30,36). The maximum absolute atomic E-state index is 12.5. The van der Waals surface area contributed by atoms with Crippen molar-refractivity contribution in [3.63, 3.8) is 0 Å². The zero-order valence-corrected chi connectivity index (χ0v) is 22.1. The number of ether oxygens (including phenoxy) is 2. The highest BCUT2D eigenvalue weighted by molar-refractivity contribution is 7.80. The predicted molar refractivity (Wildman–Crippen MR) is 147 cm³/mol. The number of aryl methyl sites for hydroxylation is 2. The van der Waals surface area contributed by atoms with E-state index in [1.165, 1.54) is 36.0 Å². The normalized spacial score (nSPS) is 12.2. The number of halogens is 1. The Morgan fingerprint density at radius 2 is 1.92 bits per heavy atom. The molecule has 1 amide bonds. The van der Waals surface area contributed by atoms with Gasteiger partial charge in [0.1, 0.15) is 23.0 Å². The first-order chi connectivity index (χ1) is 17.9. The van der Waals surface area contributed by atoms with Crippen molar-refractivity contribution in [1.82, 2.24) is 10.9 Å². The highest BCUT2D eigenvalue weighted by atomic mass is 35.5. The number of anilines is 1. The summed E-state index contributed by atoms with van der Waals surface area (Å²) >= 11 is 12.8. The number of carbonyl (C=O) groups is 2. The van der Waals surface area contributed by atoms with Crippen LogP contribution < -0.4 is 20.9 Å². The SMILES string of the molecule is COC(=O)c1sc2cc(NC(=S)NNC(=O)c3ccc(COc4ccc5c(c4)CCC5)o3)ccc2c1Cl. The van der Waals surface area contributed by atoms with Crippen LogP contribution in [0.15, 0.2) is 52.9 Å². The van der Waals surface area contributed by atoms with E-state index in [2.05, 4.69) is 28.3 Å². The van der Waals surface area contributed by atoms with Gasteiger partial charge in [-0.05, 0) is 85.1 Å². The Balaban J connectivity index is 1.13. The number of amides is 1. The molecule has 190 valence electrons. The number of hydrogen-bond acceptors (Lipinski definition) is 7. The van der Waals surface area contributed by atoms with Crippen LogP contribution in [0.1, 0.15) is 43.5 Å². The molecule has 2 aromatic carbocycles. The second kappa shape index (κ2) is 10.8. The maximum Gasteiger partial charge on any atom is 0.349 e. The van der Waals surface area contributed by atoms with Gasteiger partial charge in [0.05, 0.1) is 12.1 Å².